The van der Waals surface area contributed by atoms with Gasteiger partial charge in [0.1, 0.15) is 24.5 Å². The summed E-state index contributed by atoms with van der Waals surface area (Å²) in [5.74, 6) is 1.84. The number of hydrogen-bond acceptors (Lipinski definition) is 10. The van der Waals surface area contributed by atoms with E-state index in [1.54, 1.807) is 29.3 Å². The summed E-state index contributed by atoms with van der Waals surface area (Å²) in [4.78, 5) is 19.0. The number of thiazole rings is 1. The Morgan fingerprint density at radius 3 is 2.68 bits per heavy atom. The summed E-state index contributed by atoms with van der Waals surface area (Å²) < 4.78 is 13.8. The van der Waals surface area contributed by atoms with Gasteiger partial charge in [-0.3, -0.25) is 0 Å². The number of hydrogen-bond donors (Lipinski definition) is 2. The lowest BCUT2D eigenvalue weighted by Gasteiger charge is -2.21. The van der Waals surface area contributed by atoms with Crippen LogP contribution in [0.1, 0.15) is 27.2 Å². The first-order valence-corrected chi connectivity index (χ1v) is 12.8. The number of benzene rings is 1. The average molecular weight is 498 g/mol. The Balaban J connectivity index is 1.53. The van der Waals surface area contributed by atoms with Crippen LogP contribution in [0.4, 0.5) is 5.82 Å². The van der Waals surface area contributed by atoms with Crippen LogP contribution in [0.3, 0.4) is 0 Å². The second kappa shape index (κ2) is 9.40. The zero-order valence-corrected chi connectivity index (χ0v) is 21.0. The number of aromatic nitrogens is 5. The number of rotatable bonds is 7. The van der Waals surface area contributed by atoms with E-state index in [0.29, 0.717) is 24.5 Å². The fourth-order valence-corrected chi connectivity index (χ4v) is 5.48. The molecule has 178 valence electrons. The molecular weight excluding hydrogens is 470 g/mol. The molecule has 34 heavy (non-hydrogen) atoms. The van der Waals surface area contributed by atoms with Crippen molar-refractivity contribution in [1.29, 1.82) is 0 Å². The molecule has 0 radical (unpaired) electrons. The molecule has 1 aliphatic heterocycles. The zero-order valence-electron chi connectivity index (χ0n) is 19.4. The van der Waals surface area contributed by atoms with Crippen LogP contribution in [0.25, 0.3) is 21.7 Å². The van der Waals surface area contributed by atoms with E-state index in [2.05, 4.69) is 45.6 Å². The Morgan fingerprint density at radius 1 is 1.15 bits per heavy atom. The van der Waals surface area contributed by atoms with Crippen LogP contribution in [0.5, 0.6) is 11.5 Å². The molecule has 4 aromatic rings. The van der Waals surface area contributed by atoms with Crippen LogP contribution in [0.2, 0.25) is 0 Å². The third-order valence-electron chi connectivity index (χ3n) is 5.25. The minimum Gasteiger partial charge on any atom is -0.486 e. The molecule has 0 unspecified atom stereocenters. The van der Waals surface area contributed by atoms with E-state index in [4.69, 9.17) is 20.2 Å². The summed E-state index contributed by atoms with van der Waals surface area (Å²) in [6.07, 6.45) is 4.21. The number of anilines is 1. The summed E-state index contributed by atoms with van der Waals surface area (Å²) in [7, 11) is 0. The molecule has 0 aliphatic carbocycles. The molecule has 3 aromatic heterocycles. The van der Waals surface area contributed by atoms with Crippen LogP contribution < -0.4 is 20.5 Å². The second-order valence-electron chi connectivity index (χ2n) is 8.94. The van der Waals surface area contributed by atoms with Gasteiger partial charge in [0, 0.05) is 34.1 Å². The van der Waals surface area contributed by atoms with E-state index in [-0.39, 0.29) is 5.54 Å². The minimum absolute atomic E-state index is 0.0645. The zero-order chi connectivity index (χ0) is 23.7. The first kappa shape index (κ1) is 22.9. The van der Waals surface area contributed by atoms with Crippen LogP contribution >= 0.6 is 23.1 Å². The number of nitrogens with one attached hydrogen (secondary N) is 1. The number of aryl methyl sites for hydroxylation is 1. The van der Waals surface area contributed by atoms with Gasteiger partial charge < -0.3 is 25.1 Å². The standard InChI is InChI=1S/C23H27N7O2S2/c1-23(2,3)28-5-4-7-30-20-18(19(24)26-13-27-20)29-22(30)34-17-12-16-15(31-8-9-32-16)11-14(17)21-25-6-10-33-21/h6,10-13,28H,4-5,7-9H2,1-3H3,(H2,24,26,27). The van der Waals surface area contributed by atoms with E-state index in [1.807, 2.05) is 17.5 Å². The molecule has 11 heteroatoms. The molecule has 0 spiro atoms. The Hall–Kier alpha value is -2.89. The number of nitrogens with zero attached hydrogens (tertiary/aromatic N) is 5. The van der Waals surface area contributed by atoms with Crippen molar-refractivity contribution in [2.45, 2.75) is 49.3 Å². The van der Waals surface area contributed by atoms with Crippen molar-refractivity contribution in [3.63, 3.8) is 0 Å². The number of nitrogen functional groups attached to an aromatic ring is 1. The van der Waals surface area contributed by atoms with Crippen LogP contribution in [-0.4, -0.2) is 49.8 Å². The first-order chi connectivity index (χ1) is 16.4. The van der Waals surface area contributed by atoms with Crippen molar-refractivity contribution in [1.82, 2.24) is 29.8 Å². The normalized spacial score (nSPS) is 13.5. The van der Waals surface area contributed by atoms with Crippen LogP contribution in [0.15, 0.2) is 40.1 Å². The van der Waals surface area contributed by atoms with Gasteiger partial charge in [0.05, 0.1) is 0 Å². The monoisotopic (exact) mass is 497 g/mol. The SMILES string of the molecule is CC(C)(C)NCCCn1c(Sc2cc3c(cc2-c2nccs2)OCCO3)nc2c(N)ncnc21. The van der Waals surface area contributed by atoms with Crippen molar-refractivity contribution >= 4 is 40.1 Å². The highest BCUT2D eigenvalue weighted by molar-refractivity contribution is 7.99. The fourth-order valence-electron chi connectivity index (χ4n) is 3.69. The van der Waals surface area contributed by atoms with Gasteiger partial charge in [-0.2, -0.15) is 0 Å². The maximum absolute atomic E-state index is 6.15. The van der Waals surface area contributed by atoms with Gasteiger partial charge in [-0.05, 0) is 45.9 Å². The van der Waals surface area contributed by atoms with Crippen molar-refractivity contribution in [3.05, 3.63) is 30.0 Å². The maximum atomic E-state index is 6.15. The Kier molecular flexibility index (Phi) is 6.32. The van der Waals surface area contributed by atoms with E-state index >= 15 is 0 Å². The summed E-state index contributed by atoms with van der Waals surface area (Å²) in [6, 6.07) is 4.01. The molecule has 1 aromatic carbocycles. The molecular formula is C23H27N7O2S2. The van der Waals surface area contributed by atoms with Crippen molar-refractivity contribution < 1.29 is 9.47 Å². The second-order valence-corrected chi connectivity index (χ2v) is 10.8. The Bertz CT molecular complexity index is 1300. The van der Waals surface area contributed by atoms with Crippen LogP contribution in [-0.2, 0) is 6.54 Å². The van der Waals surface area contributed by atoms with Gasteiger partial charge in [-0.1, -0.05) is 11.8 Å². The van der Waals surface area contributed by atoms with Crippen molar-refractivity contribution in [2.24, 2.45) is 0 Å². The first-order valence-electron chi connectivity index (χ1n) is 11.1. The topological polar surface area (TPSA) is 113 Å². The quantitative estimate of drug-likeness (QED) is 0.362. The number of fused-ring (bicyclic) bond motifs is 2. The van der Waals surface area contributed by atoms with Gasteiger partial charge in [0.2, 0.25) is 0 Å². The molecule has 0 saturated carbocycles. The van der Waals surface area contributed by atoms with Gasteiger partial charge >= 0.3 is 0 Å². The van der Waals surface area contributed by atoms with E-state index in [1.165, 1.54) is 6.33 Å². The Morgan fingerprint density at radius 2 is 1.94 bits per heavy atom. The highest BCUT2D eigenvalue weighted by atomic mass is 32.2. The molecule has 1 aliphatic rings. The largest absolute Gasteiger partial charge is 0.486 e. The molecule has 0 saturated heterocycles. The summed E-state index contributed by atoms with van der Waals surface area (Å²) >= 11 is 3.13. The molecule has 0 amide bonds. The van der Waals surface area contributed by atoms with Gasteiger partial charge in [-0.15, -0.1) is 11.3 Å². The van der Waals surface area contributed by atoms with E-state index in [9.17, 15) is 0 Å². The fraction of sp³-hybridized carbons (Fsp3) is 0.391. The predicted molar refractivity (Wildman–Crippen MR) is 135 cm³/mol. The summed E-state index contributed by atoms with van der Waals surface area (Å²) in [5, 5.41) is 7.22. The maximum Gasteiger partial charge on any atom is 0.175 e. The minimum atomic E-state index is 0.0645. The number of nitrogens with two attached hydrogens (primary N) is 1. The summed E-state index contributed by atoms with van der Waals surface area (Å²) in [6.45, 7) is 9.18. The third kappa shape index (κ3) is 4.82. The number of ether oxygens (including phenoxy) is 2. The van der Waals surface area contributed by atoms with Crippen molar-refractivity contribution in [3.8, 4) is 22.1 Å². The molecule has 4 heterocycles. The molecule has 5 rings (SSSR count). The number of imidazole rings is 1. The van der Waals surface area contributed by atoms with E-state index in [0.717, 1.165) is 57.3 Å². The third-order valence-corrected chi connectivity index (χ3v) is 7.11. The lowest BCUT2D eigenvalue weighted by Crippen LogP contribution is -2.36. The molecule has 0 fully saturated rings. The lowest BCUT2D eigenvalue weighted by molar-refractivity contribution is 0.171. The van der Waals surface area contributed by atoms with Gasteiger partial charge in [0.15, 0.2) is 33.6 Å². The molecule has 9 nitrogen and oxygen atoms in total. The highest BCUT2D eigenvalue weighted by Gasteiger charge is 2.22. The predicted octanol–water partition coefficient (Wildman–Crippen LogP) is 4.23. The van der Waals surface area contributed by atoms with Gasteiger partial charge in [-0.25, -0.2) is 19.9 Å². The molecule has 0 atom stereocenters. The van der Waals surface area contributed by atoms with Crippen molar-refractivity contribution in [2.75, 3.05) is 25.5 Å². The van der Waals surface area contributed by atoms with Crippen LogP contribution in [0, 0.1) is 0 Å². The Labute approximate surface area is 206 Å². The summed E-state index contributed by atoms with van der Waals surface area (Å²) in [5.41, 5.74) is 8.54. The molecule has 0 bridgehead atoms. The highest BCUT2D eigenvalue weighted by Crippen LogP contribution is 2.44. The average Bonchev–Trinajstić information content (AvgIpc) is 3.45. The van der Waals surface area contributed by atoms with Gasteiger partial charge in [0.25, 0.3) is 0 Å². The lowest BCUT2D eigenvalue weighted by atomic mass is 10.1. The molecule has 3 N–H and O–H groups in total. The smallest absolute Gasteiger partial charge is 0.175 e. The van der Waals surface area contributed by atoms with E-state index < -0.39 is 0 Å².